The lowest BCUT2D eigenvalue weighted by Gasteiger charge is -2.24. The lowest BCUT2D eigenvalue weighted by Crippen LogP contribution is -2.20. The number of esters is 1. The molecule has 1 aliphatic rings. The Morgan fingerprint density at radius 1 is 1.00 bits per heavy atom. The molecule has 0 saturated carbocycles. The van der Waals surface area contributed by atoms with E-state index in [0.29, 0.717) is 12.5 Å². The van der Waals surface area contributed by atoms with Crippen molar-refractivity contribution in [3.05, 3.63) is 113 Å². The molecule has 5 heteroatoms. The van der Waals surface area contributed by atoms with Crippen LogP contribution in [0, 0.1) is 5.92 Å². The predicted octanol–water partition coefficient (Wildman–Crippen LogP) is 5.21. The van der Waals surface area contributed by atoms with Crippen molar-refractivity contribution in [1.82, 2.24) is 5.48 Å². The Labute approximate surface area is 201 Å². The van der Waals surface area contributed by atoms with E-state index < -0.39 is 0 Å². The van der Waals surface area contributed by atoms with E-state index in [0.717, 1.165) is 36.1 Å². The average molecular weight is 458 g/mol. The summed E-state index contributed by atoms with van der Waals surface area (Å²) in [6.45, 7) is 0.566. The molecule has 1 N–H and O–H groups in total. The van der Waals surface area contributed by atoms with Crippen molar-refractivity contribution in [1.29, 1.82) is 0 Å². The first-order chi connectivity index (χ1) is 16.7. The number of allylic oxidation sites excluding steroid dienone is 1. The summed E-state index contributed by atoms with van der Waals surface area (Å²) >= 11 is 0. The quantitative estimate of drug-likeness (QED) is 0.196. The molecule has 1 atom stereocenters. The highest BCUT2D eigenvalue weighted by Gasteiger charge is 2.20. The van der Waals surface area contributed by atoms with Gasteiger partial charge in [-0.1, -0.05) is 84.9 Å². The van der Waals surface area contributed by atoms with Crippen LogP contribution in [-0.2, 0) is 27.2 Å². The van der Waals surface area contributed by atoms with Gasteiger partial charge in [-0.15, -0.1) is 0 Å². The molecule has 0 radical (unpaired) electrons. The second kappa shape index (κ2) is 12.2. The third-order valence-corrected chi connectivity index (χ3v) is 6.07. The summed E-state index contributed by atoms with van der Waals surface area (Å²) in [5.41, 5.74) is 7.83. The number of hydroxylamine groups is 1. The van der Waals surface area contributed by atoms with Gasteiger partial charge in [0.25, 0.3) is 0 Å². The third-order valence-electron chi connectivity index (χ3n) is 6.07. The smallest absolute Gasteiger partial charge is 0.343 e. The van der Waals surface area contributed by atoms with E-state index in [2.05, 4.69) is 52.7 Å². The fourth-order valence-corrected chi connectivity index (χ4v) is 4.32. The maximum absolute atomic E-state index is 11.4. The van der Waals surface area contributed by atoms with Crippen LogP contribution in [-0.4, -0.2) is 26.2 Å². The fraction of sp³-hybridized carbons (Fsp3) is 0.276. The van der Waals surface area contributed by atoms with E-state index >= 15 is 0 Å². The van der Waals surface area contributed by atoms with E-state index in [1.165, 1.54) is 18.2 Å². The molecule has 0 saturated heterocycles. The number of hydrogen-bond acceptors (Lipinski definition) is 5. The van der Waals surface area contributed by atoms with Gasteiger partial charge in [0.05, 0.1) is 7.11 Å². The zero-order valence-corrected chi connectivity index (χ0v) is 19.5. The first-order valence-corrected chi connectivity index (χ1v) is 11.7. The Balaban J connectivity index is 1.30. The number of carbonyl (C=O) groups is 1. The minimum Gasteiger partial charge on any atom is -0.482 e. The Morgan fingerprint density at radius 2 is 1.71 bits per heavy atom. The molecule has 0 bridgehead atoms. The zero-order chi connectivity index (χ0) is 23.6. The Bertz CT molecular complexity index is 1040. The second-order valence-corrected chi connectivity index (χ2v) is 8.36. The Hall–Kier alpha value is -3.41. The van der Waals surface area contributed by atoms with Crippen molar-refractivity contribution in [2.24, 2.45) is 5.92 Å². The highest BCUT2D eigenvalue weighted by Crippen LogP contribution is 2.32. The van der Waals surface area contributed by atoms with Crippen molar-refractivity contribution in [3.63, 3.8) is 0 Å². The predicted molar refractivity (Wildman–Crippen MR) is 132 cm³/mol. The van der Waals surface area contributed by atoms with Crippen LogP contribution in [0.25, 0.3) is 0 Å². The summed E-state index contributed by atoms with van der Waals surface area (Å²) in [5.74, 6) is 0.878. The number of benzene rings is 3. The third kappa shape index (κ3) is 6.34. The summed E-state index contributed by atoms with van der Waals surface area (Å²) in [6, 6.07) is 26.5. The molecule has 0 amide bonds. The van der Waals surface area contributed by atoms with Crippen LogP contribution >= 0.6 is 0 Å². The molecule has 0 aromatic heterocycles. The van der Waals surface area contributed by atoms with E-state index in [-0.39, 0.29) is 18.7 Å². The van der Waals surface area contributed by atoms with Crippen LogP contribution in [0.3, 0.4) is 0 Å². The van der Waals surface area contributed by atoms with Crippen molar-refractivity contribution in [2.45, 2.75) is 25.4 Å². The van der Waals surface area contributed by atoms with Gasteiger partial charge in [-0.2, -0.15) is 5.48 Å². The zero-order valence-electron chi connectivity index (χ0n) is 19.5. The monoisotopic (exact) mass is 457 g/mol. The SMILES string of the molecule is COC(=O)COc1cccc2c1CCC(/C=C/CNOC(c1ccccc1)c1ccccc1)C2. The molecule has 4 rings (SSSR count). The molecule has 0 aliphatic heterocycles. The van der Waals surface area contributed by atoms with Gasteiger partial charge in [-0.3, -0.25) is 4.84 Å². The second-order valence-electron chi connectivity index (χ2n) is 8.36. The van der Waals surface area contributed by atoms with Gasteiger partial charge in [-0.25, -0.2) is 4.79 Å². The van der Waals surface area contributed by atoms with Crippen molar-refractivity contribution in [2.75, 3.05) is 20.3 Å². The topological polar surface area (TPSA) is 56.8 Å². The molecule has 3 aromatic carbocycles. The van der Waals surface area contributed by atoms with Crippen molar-refractivity contribution < 1.29 is 19.1 Å². The lowest BCUT2D eigenvalue weighted by atomic mass is 9.83. The molecule has 0 spiro atoms. The summed E-state index contributed by atoms with van der Waals surface area (Å²) in [6.07, 6.45) is 7.16. The molecular weight excluding hydrogens is 426 g/mol. The number of methoxy groups -OCH3 is 1. The summed E-state index contributed by atoms with van der Waals surface area (Å²) in [4.78, 5) is 17.5. The van der Waals surface area contributed by atoms with Gasteiger partial charge in [0.15, 0.2) is 6.61 Å². The molecule has 176 valence electrons. The first kappa shape index (κ1) is 23.7. The molecular formula is C29H31NO4. The Kier molecular flexibility index (Phi) is 8.49. The Morgan fingerprint density at radius 3 is 2.38 bits per heavy atom. The fourth-order valence-electron chi connectivity index (χ4n) is 4.32. The number of hydrogen-bond donors (Lipinski definition) is 1. The number of carbonyl (C=O) groups excluding carboxylic acids is 1. The minimum absolute atomic E-state index is 0.0606. The van der Waals surface area contributed by atoms with E-state index in [1.807, 2.05) is 48.5 Å². The minimum atomic E-state index is -0.370. The van der Waals surface area contributed by atoms with E-state index in [1.54, 1.807) is 0 Å². The molecule has 0 heterocycles. The van der Waals surface area contributed by atoms with Crippen LogP contribution in [0.4, 0.5) is 0 Å². The van der Waals surface area contributed by atoms with Crippen LogP contribution in [0.15, 0.2) is 91.0 Å². The first-order valence-electron chi connectivity index (χ1n) is 11.7. The van der Waals surface area contributed by atoms with Gasteiger partial charge in [0.2, 0.25) is 0 Å². The number of nitrogens with one attached hydrogen (secondary N) is 1. The summed E-state index contributed by atoms with van der Waals surface area (Å²) in [5, 5.41) is 0. The van der Waals surface area contributed by atoms with Crippen LogP contribution in [0.1, 0.15) is 34.8 Å². The van der Waals surface area contributed by atoms with Gasteiger partial charge in [0, 0.05) is 6.54 Å². The highest BCUT2D eigenvalue weighted by atomic mass is 16.7. The summed E-state index contributed by atoms with van der Waals surface area (Å²) < 4.78 is 10.4. The van der Waals surface area contributed by atoms with Crippen LogP contribution in [0.5, 0.6) is 5.75 Å². The maximum atomic E-state index is 11.4. The normalized spacial score (nSPS) is 15.3. The van der Waals surface area contributed by atoms with Gasteiger partial charge < -0.3 is 9.47 Å². The van der Waals surface area contributed by atoms with Gasteiger partial charge >= 0.3 is 5.97 Å². The highest BCUT2D eigenvalue weighted by molar-refractivity contribution is 5.71. The molecule has 3 aromatic rings. The van der Waals surface area contributed by atoms with Gasteiger partial charge in [0.1, 0.15) is 11.9 Å². The molecule has 1 unspecified atom stereocenters. The van der Waals surface area contributed by atoms with Crippen LogP contribution < -0.4 is 10.2 Å². The van der Waals surface area contributed by atoms with Gasteiger partial charge in [-0.05, 0) is 53.5 Å². The molecule has 1 aliphatic carbocycles. The maximum Gasteiger partial charge on any atom is 0.343 e. The van der Waals surface area contributed by atoms with E-state index in [4.69, 9.17) is 9.57 Å². The summed E-state index contributed by atoms with van der Waals surface area (Å²) in [7, 11) is 1.37. The largest absolute Gasteiger partial charge is 0.482 e. The van der Waals surface area contributed by atoms with E-state index in [9.17, 15) is 4.79 Å². The van der Waals surface area contributed by atoms with Crippen LogP contribution in [0.2, 0.25) is 0 Å². The lowest BCUT2D eigenvalue weighted by molar-refractivity contribution is -0.142. The van der Waals surface area contributed by atoms with Crippen molar-refractivity contribution >= 4 is 5.97 Å². The number of fused-ring (bicyclic) bond motifs is 1. The standard InChI is InChI=1S/C29H31NO4/c1-32-28(31)21-33-27-16-8-15-25-20-22(17-18-26(25)27)10-9-19-30-34-29(23-11-4-2-5-12-23)24-13-6-3-7-14-24/h2-16,22,29-30H,17-21H2,1H3/b10-9+. The number of rotatable bonds is 10. The number of ether oxygens (including phenoxy) is 2. The molecule has 5 nitrogen and oxygen atoms in total. The molecule has 0 fully saturated rings. The molecule has 34 heavy (non-hydrogen) atoms. The average Bonchev–Trinajstić information content (AvgIpc) is 2.90. The van der Waals surface area contributed by atoms with Crippen molar-refractivity contribution in [3.8, 4) is 5.75 Å².